The second kappa shape index (κ2) is 5.37. The predicted molar refractivity (Wildman–Crippen MR) is 67.3 cm³/mol. The second-order valence-corrected chi connectivity index (χ2v) is 6.05. The Kier molecular flexibility index (Phi) is 4.06. The van der Waals surface area contributed by atoms with Crippen molar-refractivity contribution < 1.29 is 5.11 Å². The SMILES string of the molecule is CC1CCC(C#N)C(N2CCC(O)C(C)C2)C1. The quantitative estimate of drug-likeness (QED) is 0.757. The van der Waals surface area contributed by atoms with Gasteiger partial charge in [0.2, 0.25) is 0 Å². The van der Waals surface area contributed by atoms with E-state index in [1.807, 2.05) is 0 Å². The summed E-state index contributed by atoms with van der Waals surface area (Å²) in [4.78, 5) is 2.46. The van der Waals surface area contributed by atoms with Gasteiger partial charge in [-0.15, -0.1) is 0 Å². The molecule has 96 valence electrons. The van der Waals surface area contributed by atoms with Crippen molar-refractivity contribution in [2.45, 2.75) is 51.7 Å². The topological polar surface area (TPSA) is 47.3 Å². The lowest BCUT2D eigenvalue weighted by molar-refractivity contribution is -0.00314. The van der Waals surface area contributed by atoms with E-state index in [4.69, 9.17) is 0 Å². The minimum atomic E-state index is -0.146. The molecule has 1 saturated carbocycles. The number of nitrogens with zero attached hydrogens (tertiary/aromatic N) is 2. The fraction of sp³-hybridized carbons (Fsp3) is 0.929. The third-order valence-electron chi connectivity index (χ3n) is 4.61. The van der Waals surface area contributed by atoms with E-state index in [-0.39, 0.29) is 12.0 Å². The van der Waals surface area contributed by atoms with Crippen LogP contribution in [-0.4, -0.2) is 35.2 Å². The lowest BCUT2D eigenvalue weighted by Gasteiger charge is -2.44. The summed E-state index contributed by atoms with van der Waals surface area (Å²) in [6.07, 6.45) is 4.12. The number of aliphatic hydroxyl groups is 1. The Hall–Kier alpha value is -0.590. The highest BCUT2D eigenvalue weighted by Crippen LogP contribution is 2.33. The summed E-state index contributed by atoms with van der Waals surface area (Å²) < 4.78 is 0. The normalized spacial score (nSPS) is 44.2. The molecule has 2 aliphatic rings. The number of likely N-dealkylation sites (tertiary alicyclic amines) is 1. The highest BCUT2D eigenvalue weighted by molar-refractivity contribution is 4.98. The van der Waals surface area contributed by atoms with Crippen molar-refractivity contribution >= 4 is 0 Å². The third-order valence-corrected chi connectivity index (χ3v) is 4.61. The smallest absolute Gasteiger partial charge is 0.0672 e. The van der Waals surface area contributed by atoms with Gasteiger partial charge in [0.1, 0.15) is 0 Å². The lowest BCUT2D eigenvalue weighted by Crippen LogP contribution is -2.51. The van der Waals surface area contributed by atoms with Gasteiger partial charge in [-0.05, 0) is 37.5 Å². The number of aliphatic hydroxyl groups excluding tert-OH is 1. The van der Waals surface area contributed by atoms with Crippen LogP contribution in [0, 0.1) is 29.1 Å². The van der Waals surface area contributed by atoms with Crippen molar-refractivity contribution in [3.8, 4) is 6.07 Å². The molecule has 1 aliphatic heterocycles. The molecule has 1 N–H and O–H groups in total. The molecule has 5 atom stereocenters. The van der Waals surface area contributed by atoms with Gasteiger partial charge in [0.05, 0.1) is 18.1 Å². The molecule has 1 saturated heterocycles. The van der Waals surface area contributed by atoms with E-state index in [0.717, 1.165) is 38.3 Å². The molecule has 0 radical (unpaired) electrons. The lowest BCUT2D eigenvalue weighted by atomic mass is 9.78. The van der Waals surface area contributed by atoms with Crippen LogP contribution in [0.1, 0.15) is 39.5 Å². The molecule has 5 unspecified atom stereocenters. The highest BCUT2D eigenvalue weighted by Gasteiger charge is 2.36. The first-order valence-corrected chi connectivity index (χ1v) is 6.93. The van der Waals surface area contributed by atoms with Crippen molar-refractivity contribution in [2.75, 3.05) is 13.1 Å². The maximum absolute atomic E-state index is 9.78. The van der Waals surface area contributed by atoms with Crippen LogP contribution in [-0.2, 0) is 0 Å². The first kappa shape index (κ1) is 12.9. The average Bonchev–Trinajstić information content (AvgIpc) is 2.32. The molecule has 17 heavy (non-hydrogen) atoms. The van der Waals surface area contributed by atoms with Crippen molar-refractivity contribution in [3.63, 3.8) is 0 Å². The van der Waals surface area contributed by atoms with Crippen LogP contribution in [0.5, 0.6) is 0 Å². The van der Waals surface area contributed by atoms with Crippen LogP contribution < -0.4 is 0 Å². The molecule has 0 bridgehead atoms. The largest absolute Gasteiger partial charge is 0.393 e. The molecule has 2 fully saturated rings. The number of piperidine rings is 1. The second-order valence-electron chi connectivity index (χ2n) is 6.05. The van der Waals surface area contributed by atoms with Gasteiger partial charge in [0.15, 0.2) is 0 Å². The van der Waals surface area contributed by atoms with Gasteiger partial charge in [-0.25, -0.2) is 0 Å². The van der Waals surface area contributed by atoms with Crippen LogP contribution in [0.4, 0.5) is 0 Å². The van der Waals surface area contributed by atoms with Gasteiger partial charge in [0, 0.05) is 19.1 Å². The van der Waals surface area contributed by atoms with Gasteiger partial charge in [0.25, 0.3) is 0 Å². The first-order valence-electron chi connectivity index (χ1n) is 6.93. The Bertz CT molecular complexity index is 299. The fourth-order valence-electron chi connectivity index (χ4n) is 3.37. The minimum absolute atomic E-state index is 0.146. The number of hydrogen-bond donors (Lipinski definition) is 1. The van der Waals surface area contributed by atoms with E-state index < -0.39 is 0 Å². The zero-order valence-corrected chi connectivity index (χ0v) is 11.0. The molecule has 2 rings (SSSR count). The summed E-state index contributed by atoms with van der Waals surface area (Å²) in [6.45, 7) is 6.32. The Balaban J connectivity index is 2.02. The van der Waals surface area contributed by atoms with Crippen molar-refractivity contribution in [1.29, 1.82) is 5.26 Å². The summed E-state index contributed by atoms with van der Waals surface area (Å²) in [5.74, 6) is 1.29. The maximum Gasteiger partial charge on any atom is 0.0672 e. The van der Waals surface area contributed by atoms with Gasteiger partial charge in [-0.3, -0.25) is 4.90 Å². The number of nitriles is 1. The highest BCUT2D eigenvalue weighted by atomic mass is 16.3. The Morgan fingerprint density at radius 2 is 2.00 bits per heavy atom. The van der Waals surface area contributed by atoms with Crippen LogP contribution >= 0.6 is 0 Å². The first-order chi connectivity index (χ1) is 8.11. The molecule has 0 aromatic rings. The van der Waals surface area contributed by atoms with E-state index in [9.17, 15) is 10.4 Å². The molecule has 0 aromatic heterocycles. The monoisotopic (exact) mass is 236 g/mol. The molecule has 3 nitrogen and oxygen atoms in total. The standard InChI is InChI=1S/C14H24N2O/c1-10-3-4-12(8-15)13(7-10)16-6-5-14(17)11(2)9-16/h10-14,17H,3-7,9H2,1-2H3. The van der Waals surface area contributed by atoms with Crippen molar-refractivity contribution in [2.24, 2.45) is 17.8 Å². The Morgan fingerprint density at radius 3 is 2.65 bits per heavy atom. The summed E-state index contributed by atoms with van der Waals surface area (Å²) in [5, 5.41) is 19.0. The van der Waals surface area contributed by atoms with Crippen LogP contribution in [0.2, 0.25) is 0 Å². The van der Waals surface area contributed by atoms with E-state index in [1.165, 1.54) is 6.42 Å². The van der Waals surface area contributed by atoms with Gasteiger partial charge in [-0.2, -0.15) is 5.26 Å². The van der Waals surface area contributed by atoms with Gasteiger partial charge in [-0.1, -0.05) is 13.8 Å². The van der Waals surface area contributed by atoms with E-state index in [0.29, 0.717) is 12.0 Å². The van der Waals surface area contributed by atoms with E-state index >= 15 is 0 Å². The summed E-state index contributed by atoms with van der Waals surface area (Å²) in [7, 11) is 0. The average molecular weight is 236 g/mol. The number of hydrogen-bond acceptors (Lipinski definition) is 3. The van der Waals surface area contributed by atoms with Gasteiger partial charge < -0.3 is 5.11 Å². The van der Waals surface area contributed by atoms with Gasteiger partial charge >= 0.3 is 0 Å². The van der Waals surface area contributed by atoms with E-state index in [2.05, 4.69) is 24.8 Å². The Labute approximate surface area is 104 Å². The molecule has 0 spiro atoms. The molecule has 3 heteroatoms. The van der Waals surface area contributed by atoms with Crippen molar-refractivity contribution in [1.82, 2.24) is 4.90 Å². The Morgan fingerprint density at radius 1 is 1.24 bits per heavy atom. The third kappa shape index (κ3) is 2.81. The molecular formula is C14H24N2O. The van der Waals surface area contributed by atoms with Crippen LogP contribution in [0.15, 0.2) is 0 Å². The van der Waals surface area contributed by atoms with Crippen molar-refractivity contribution in [3.05, 3.63) is 0 Å². The number of rotatable bonds is 1. The fourth-order valence-corrected chi connectivity index (χ4v) is 3.37. The van der Waals surface area contributed by atoms with E-state index in [1.54, 1.807) is 0 Å². The summed E-state index contributed by atoms with van der Waals surface area (Å²) >= 11 is 0. The van der Waals surface area contributed by atoms with Crippen LogP contribution in [0.3, 0.4) is 0 Å². The summed E-state index contributed by atoms with van der Waals surface area (Å²) in [6, 6.07) is 2.92. The van der Waals surface area contributed by atoms with Crippen LogP contribution in [0.25, 0.3) is 0 Å². The minimum Gasteiger partial charge on any atom is -0.393 e. The zero-order chi connectivity index (χ0) is 12.4. The molecule has 0 aromatic carbocycles. The summed E-state index contributed by atoms with van der Waals surface area (Å²) in [5.41, 5.74) is 0. The zero-order valence-electron chi connectivity index (χ0n) is 11.0. The molecular weight excluding hydrogens is 212 g/mol. The molecule has 1 aliphatic carbocycles. The molecule has 1 heterocycles. The maximum atomic E-state index is 9.78. The predicted octanol–water partition coefficient (Wildman–Crippen LogP) is 2.02. The molecule has 0 amide bonds.